The average molecular weight is 458 g/mol. The first kappa shape index (κ1) is 18.8. The first-order chi connectivity index (χ1) is 13.7. The normalized spacial score (nSPS) is 14.9. The first-order valence-electron chi connectivity index (χ1n) is 8.72. The molecule has 0 saturated heterocycles. The zero-order valence-corrected chi connectivity index (χ0v) is 17.3. The van der Waals surface area contributed by atoms with Gasteiger partial charge < -0.3 is 10.1 Å². The minimum absolute atomic E-state index is 0.320. The van der Waals surface area contributed by atoms with Gasteiger partial charge in [0.05, 0.1) is 0 Å². The molecule has 3 aromatic rings. The Kier molecular flexibility index (Phi) is 5.54. The number of fused-ring (bicyclic) bond motifs is 3. The number of hydrogen-bond acceptors (Lipinski definition) is 8. The van der Waals surface area contributed by atoms with Crippen LogP contribution < -0.4 is 10.1 Å². The minimum Gasteiger partial charge on any atom is -0.448 e. The van der Waals surface area contributed by atoms with E-state index in [1.54, 1.807) is 18.2 Å². The number of nitroso groups, excluding NO2 is 1. The number of aromatic nitrogens is 3. The topological polar surface area (TPSA) is 89.4 Å². The summed E-state index contributed by atoms with van der Waals surface area (Å²) in [6, 6.07) is 12.9. The second-order valence-corrected chi connectivity index (χ2v) is 8.09. The molecule has 0 fully saturated rings. The Labute approximate surface area is 174 Å². The van der Waals surface area contributed by atoms with Crippen molar-refractivity contribution in [2.24, 2.45) is 5.18 Å². The van der Waals surface area contributed by atoms with Gasteiger partial charge >= 0.3 is 0 Å². The molecule has 1 unspecified atom stereocenters. The van der Waals surface area contributed by atoms with Crippen LogP contribution in [-0.2, 0) is 0 Å². The summed E-state index contributed by atoms with van der Waals surface area (Å²) < 4.78 is 7.17. The number of halogens is 1. The smallest absolute Gasteiger partial charge is 0.247 e. The van der Waals surface area contributed by atoms with Crippen molar-refractivity contribution in [3.05, 3.63) is 57.4 Å². The number of nitrogens with zero attached hydrogens (tertiary/aromatic N) is 4. The highest BCUT2D eigenvalue weighted by molar-refractivity contribution is 9.10. The summed E-state index contributed by atoms with van der Waals surface area (Å²) >= 11 is 4.99. The highest BCUT2D eigenvalue weighted by Crippen LogP contribution is 2.41. The van der Waals surface area contributed by atoms with Crippen LogP contribution in [0.2, 0.25) is 0 Å². The monoisotopic (exact) mass is 457 g/mol. The van der Waals surface area contributed by atoms with Crippen LogP contribution in [0.15, 0.2) is 57.3 Å². The Morgan fingerprint density at radius 1 is 1.21 bits per heavy atom. The molecule has 4 rings (SSSR count). The lowest BCUT2D eigenvalue weighted by molar-refractivity contribution is 0.225. The molecule has 7 nitrogen and oxygen atoms in total. The third-order valence-corrected chi connectivity index (χ3v) is 5.70. The van der Waals surface area contributed by atoms with Gasteiger partial charge in [-0.1, -0.05) is 46.7 Å². The lowest BCUT2D eigenvalue weighted by atomic mass is 10.1. The maximum absolute atomic E-state index is 11.0. The average Bonchev–Trinajstić information content (AvgIpc) is 2.88. The predicted octanol–water partition coefficient (Wildman–Crippen LogP) is 5.70. The highest BCUT2D eigenvalue weighted by atomic mass is 79.9. The van der Waals surface area contributed by atoms with Gasteiger partial charge in [0.25, 0.3) is 0 Å². The van der Waals surface area contributed by atoms with Gasteiger partial charge in [0.1, 0.15) is 5.69 Å². The number of anilines is 1. The van der Waals surface area contributed by atoms with Crippen LogP contribution >= 0.6 is 27.7 Å². The van der Waals surface area contributed by atoms with E-state index in [1.807, 2.05) is 24.3 Å². The second kappa shape index (κ2) is 8.24. The second-order valence-electron chi connectivity index (χ2n) is 6.11. The molecular formula is C19H16BrN5O2S. The molecule has 1 aliphatic heterocycles. The molecule has 0 amide bonds. The van der Waals surface area contributed by atoms with Gasteiger partial charge in [-0.05, 0) is 41.9 Å². The number of rotatable bonds is 5. The number of thioether (sulfide) groups is 1. The minimum atomic E-state index is -0.504. The lowest BCUT2D eigenvalue weighted by Gasteiger charge is -2.19. The van der Waals surface area contributed by atoms with Gasteiger partial charge in [0.2, 0.25) is 11.0 Å². The quantitative estimate of drug-likeness (QED) is 0.387. The SMILES string of the molecule is CCCSc1nnc2c(n1)OC(c1ccc(Br)cc1)Nc1cc(N=O)ccc1-2. The van der Waals surface area contributed by atoms with Crippen LogP contribution in [0.4, 0.5) is 11.4 Å². The summed E-state index contributed by atoms with van der Waals surface area (Å²) in [6.45, 7) is 2.10. The van der Waals surface area contributed by atoms with Crippen molar-refractivity contribution in [2.75, 3.05) is 11.1 Å². The molecule has 0 saturated carbocycles. The van der Waals surface area contributed by atoms with Gasteiger partial charge in [-0.15, -0.1) is 15.1 Å². The van der Waals surface area contributed by atoms with E-state index in [2.05, 4.69) is 48.5 Å². The molecule has 9 heteroatoms. The van der Waals surface area contributed by atoms with Crippen LogP contribution in [-0.4, -0.2) is 20.9 Å². The van der Waals surface area contributed by atoms with Crippen molar-refractivity contribution < 1.29 is 4.74 Å². The van der Waals surface area contributed by atoms with E-state index in [1.165, 1.54) is 11.8 Å². The van der Waals surface area contributed by atoms with E-state index in [0.29, 0.717) is 28.1 Å². The summed E-state index contributed by atoms with van der Waals surface area (Å²) in [5, 5.41) is 15.5. The van der Waals surface area contributed by atoms with Crippen molar-refractivity contribution >= 4 is 39.1 Å². The summed E-state index contributed by atoms with van der Waals surface area (Å²) in [7, 11) is 0. The van der Waals surface area contributed by atoms with Crippen LogP contribution in [0.1, 0.15) is 25.1 Å². The molecule has 1 aliphatic rings. The Morgan fingerprint density at radius 3 is 2.79 bits per heavy atom. The van der Waals surface area contributed by atoms with Gasteiger partial charge in [0, 0.05) is 27.0 Å². The summed E-state index contributed by atoms with van der Waals surface area (Å²) in [6.07, 6.45) is 0.509. The fourth-order valence-corrected chi connectivity index (χ4v) is 3.69. The molecule has 1 N–H and O–H groups in total. The van der Waals surface area contributed by atoms with E-state index in [9.17, 15) is 4.91 Å². The maximum atomic E-state index is 11.0. The molecular weight excluding hydrogens is 442 g/mol. The third-order valence-electron chi connectivity index (χ3n) is 4.12. The van der Waals surface area contributed by atoms with Crippen LogP contribution in [0.25, 0.3) is 11.3 Å². The van der Waals surface area contributed by atoms with E-state index >= 15 is 0 Å². The molecule has 2 aromatic carbocycles. The van der Waals surface area contributed by atoms with Crippen molar-refractivity contribution in [3.63, 3.8) is 0 Å². The van der Waals surface area contributed by atoms with E-state index in [0.717, 1.165) is 27.8 Å². The Bertz CT molecular complexity index is 1020. The number of hydrogen-bond donors (Lipinski definition) is 1. The standard InChI is InChI=1S/C19H16BrN5O2S/c1-2-9-28-19-22-18-16(23-24-19)14-8-7-13(25-26)10-15(14)21-17(27-18)11-3-5-12(20)6-4-11/h3-8,10,17,21H,2,9H2,1H3. The van der Waals surface area contributed by atoms with Crippen molar-refractivity contribution in [1.29, 1.82) is 0 Å². The van der Waals surface area contributed by atoms with Crippen LogP contribution in [0.5, 0.6) is 5.88 Å². The van der Waals surface area contributed by atoms with E-state index in [-0.39, 0.29) is 0 Å². The zero-order valence-electron chi connectivity index (χ0n) is 14.9. The molecule has 142 valence electrons. The lowest BCUT2D eigenvalue weighted by Crippen LogP contribution is -2.17. The number of benzene rings is 2. The molecule has 28 heavy (non-hydrogen) atoms. The van der Waals surface area contributed by atoms with E-state index < -0.39 is 6.23 Å². The Morgan fingerprint density at radius 2 is 2.04 bits per heavy atom. The van der Waals surface area contributed by atoms with Gasteiger partial charge in [-0.25, -0.2) is 0 Å². The Balaban J connectivity index is 1.81. The molecule has 1 aromatic heterocycles. The van der Waals surface area contributed by atoms with Crippen molar-refractivity contribution in [2.45, 2.75) is 24.7 Å². The molecule has 0 bridgehead atoms. The summed E-state index contributed by atoms with van der Waals surface area (Å²) in [4.78, 5) is 15.6. The summed E-state index contributed by atoms with van der Waals surface area (Å²) in [5.74, 6) is 1.30. The highest BCUT2D eigenvalue weighted by Gasteiger charge is 2.26. The summed E-state index contributed by atoms with van der Waals surface area (Å²) in [5.41, 5.74) is 3.21. The molecule has 0 aliphatic carbocycles. The largest absolute Gasteiger partial charge is 0.448 e. The van der Waals surface area contributed by atoms with Crippen LogP contribution in [0, 0.1) is 4.91 Å². The van der Waals surface area contributed by atoms with E-state index in [4.69, 9.17) is 4.74 Å². The first-order valence-corrected chi connectivity index (χ1v) is 10.5. The number of nitrogens with one attached hydrogen (secondary N) is 1. The Hall–Kier alpha value is -2.52. The van der Waals surface area contributed by atoms with Crippen LogP contribution in [0.3, 0.4) is 0 Å². The maximum Gasteiger partial charge on any atom is 0.247 e. The zero-order chi connectivity index (χ0) is 19.5. The van der Waals surface area contributed by atoms with Gasteiger partial charge in [-0.3, -0.25) is 0 Å². The van der Waals surface area contributed by atoms with Gasteiger partial charge in [0.15, 0.2) is 11.9 Å². The molecule has 1 atom stereocenters. The van der Waals surface area contributed by atoms with Crippen molar-refractivity contribution in [1.82, 2.24) is 15.2 Å². The number of ether oxygens (including phenoxy) is 1. The molecule has 0 radical (unpaired) electrons. The fraction of sp³-hybridized carbons (Fsp3) is 0.211. The van der Waals surface area contributed by atoms with Gasteiger partial charge in [-0.2, -0.15) is 4.98 Å². The molecule has 2 heterocycles. The third kappa shape index (κ3) is 3.85. The van der Waals surface area contributed by atoms with Crippen molar-refractivity contribution in [3.8, 4) is 17.1 Å². The molecule has 0 spiro atoms. The fourth-order valence-electron chi connectivity index (χ4n) is 2.79. The predicted molar refractivity (Wildman–Crippen MR) is 113 cm³/mol.